The molecule has 0 amide bonds. The van der Waals surface area contributed by atoms with Crippen molar-refractivity contribution in [3.05, 3.63) is 53.1 Å². The average molecular weight is 443 g/mol. The highest BCUT2D eigenvalue weighted by atomic mass is 15.3. The van der Waals surface area contributed by atoms with Gasteiger partial charge in [-0.15, -0.1) is 0 Å². The molecule has 4 aromatic rings. The summed E-state index contributed by atoms with van der Waals surface area (Å²) in [5, 5.41) is 12.0. The second-order valence-corrected chi connectivity index (χ2v) is 8.93. The molecule has 0 bridgehead atoms. The predicted molar refractivity (Wildman–Crippen MR) is 135 cm³/mol. The van der Waals surface area contributed by atoms with Crippen LogP contribution in [0.15, 0.2) is 36.4 Å². The van der Waals surface area contributed by atoms with Gasteiger partial charge in [-0.1, -0.05) is 35.9 Å². The van der Waals surface area contributed by atoms with Crippen molar-refractivity contribution in [1.29, 1.82) is 0 Å². The van der Waals surface area contributed by atoms with Crippen LogP contribution in [-0.4, -0.2) is 58.3 Å². The number of piperazine rings is 1. The Morgan fingerprint density at radius 3 is 2.39 bits per heavy atom. The fourth-order valence-electron chi connectivity index (χ4n) is 4.73. The van der Waals surface area contributed by atoms with E-state index in [2.05, 4.69) is 88.4 Å². The minimum atomic E-state index is 0.226. The Kier molecular flexibility index (Phi) is 5.38. The highest BCUT2D eigenvalue weighted by molar-refractivity contribution is 6.02. The third kappa shape index (κ3) is 3.98. The fourth-order valence-corrected chi connectivity index (χ4v) is 4.73. The first-order valence-electron chi connectivity index (χ1n) is 11.3. The number of nitrogens with two attached hydrogens (primary N) is 1. The Bertz CT molecular complexity index is 1290. The quantitative estimate of drug-likeness (QED) is 0.439. The molecule has 8 nitrogen and oxygen atoms in total. The van der Waals surface area contributed by atoms with E-state index in [0.29, 0.717) is 11.5 Å². The summed E-state index contributed by atoms with van der Waals surface area (Å²) >= 11 is 0. The summed E-state index contributed by atoms with van der Waals surface area (Å²) in [6.07, 6.45) is 0. The Labute approximate surface area is 193 Å². The molecule has 8 heteroatoms. The number of nitrogens with zero attached hydrogens (tertiary/aromatic N) is 5. The number of fused-ring (bicyclic) bond motifs is 1. The number of aromatic nitrogens is 4. The maximum absolute atomic E-state index is 6.12. The van der Waals surface area contributed by atoms with E-state index >= 15 is 0 Å². The normalized spacial score (nSPS) is 14.7. The Morgan fingerprint density at radius 2 is 1.67 bits per heavy atom. The van der Waals surface area contributed by atoms with E-state index in [1.54, 1.807) is 0 Å². The molecule has 1 saturated heterocycles. The molecule has 5 rings (SSSR count). The molecule has 2 aromatic carbocycles. The number of likely N-dealkylation sites (N-methyl/N-ethyl adjacent to an activating group) is 1. The van der Waals surface area contributed by atoms with Crippen molar-refractivity contribution in [3.8, 4) is 11.3 Å². The van der Waals surface area contributed by atoms with Crippen LogP contribution in [0.5, 0.6) is 0 Å². The van der Waals surface area contributed by atoms with Gasteiger partial charge in [-0.05, 0) is 45.0 Å². The van der Waals surface area contributed by atoms with Gasteiger partial charge in [0.1, 0.15) is 0 Å². The molecule has 0 radical (unpaired) electrons. The summed E-state index contributed by atoms with van der Waals surface area (Å²) in [6, 6.07) is 12.7. The lowest BCUT2D eigenvalue weighted by Crippen LogP contribution is -2.44. The molecular weight excluding hydrogens is 412 g/mol. The van der Waals surface area contributed by atoms with Crippen LogP contribution in [0, 0.1) is 20.8 Å². The number of hydrogen-bond donors (Lipinski definition) is 3. The van der Waals surface area contributed by atoms with Crippen molar-refractivity contribution < 1.29 is 0 Å². The standard InChI is InChI=1S/C25H30N8/c1-15-13-16(2)21(17(3)14-15)27-23-20-22(28-25(26)29-24(20)31-30-23)18-7-5-6-8-19(18)33-11-9-32(4)10-12-33/h5-8,13-14H,9-12H2,1-4H3,(H4,26,27,28,29,30,31). The summed E-state index contributed by atoms with van der Waals surface area (Å²) in [4.78, 5) is 13.9. The Morgan fingerprint density at radius 1 is 0.970 bits per heavy atom. The van der Waals surface area contributed by atoms with Gasteiger partial charge < -0.3 is 20.9 Å². The van der Waals surface area contributed by atoms with E-state index in [0.717, 1.165) is 54.2 Å². The first kappa shape index (κ1) is 21.2. The van der Waals surface area contributed by atoms with Gasteiger partial charge in [0.2, 0.25) is 5.95 Å². The average Bonchev–Trinajstić information content (AvgIpc) is 3.18. The SMILES string of the molecule is Cc1cc(C)c(Nc2n[nH]c3nc(N)nc(-c4ccccc4N4CCN(C)CC4)c23)c(C)c1. The molecule has 1 aliphatic rings. The summed E-state index contributed by atoms with van der Waals surface area (Å²) in [7, 11) is 2.16. The van der Waals surface area contributed by atoms with Crippen molar-refractivity contribution in [2.75, 3.05) is 49.2 Å². The van der Waals surface area contributed by atoms with Crippen LogP contribution in [0.3, 0.4) is 0 Å². The largest absolute Gasteiger partial charge is 0.368 e. The molecule has 4 N–H and O–H groups in total. The summed E-state index contributed by atoms with van der Waals surface area (Å²) < 4.78 is 0. The molecule has 0 unspecified atom stereocenters. The Hall–Kier alpha value is -3.65. The lowest BCUT2D eigenvalue weighted by molar-refractivity contribution is 0.313. The van der Waals surface area contributed by atoms with Gasteiger partial charge in [0.05, 0.1) is 11.1 Å². The molecule has 3 heterocycles. The third-order valence-electron chi connectivity index (χ3n) is 6.36. The third-order valence-corrected chi connectivity index (χ3v) is 6.36. The van der Waals surface area contributed by atoms with Crippen molar-refractivity contribution >= 4 is 34.2 Å². The number of rotatable bonds is 4. The van der Waals surface area contributed by atoms with Crippen molar-refractivity contribution in [2.45, 2.75) is 20.8 Å². The van der Waals surface area contributed by atoms with Crippen LogP contribution >= 0.6 is 0 Å². The van der Waals surface area contributed by atoms with E-state index in [1.165, 1.54) is 16.7 Å². The first-order chi connectivity index (χ1) is 15.9. The van der Waals surface area contributed by atoms with Crippen molar-refractivity contribution in [3.63, 3.8) is 0 Å². The topological polar surface area (TPSA) is 99.0 Å². The van der Waals surface area contributed by atoms with Crippen LogP contribution in [0.1, 0.15) is 16.7 Å². The summed E-state index contributed by atoms with van der Waals surface area (Å²) in [6.45, 7) is 10.3. The minimum Gasteiger partial charge on any atom is -0.368 e. The van der Waals surface area contributed by atoms with Gasteiger partial charge in [0, 0.05) is 43.1 Å². The second-order valence-electron chi connectivity index (χ2n) is 8.93. The molecule has 0 spiro atoms. The van der Waals surface area contributed by atoms with Crippen LogP contribution in [-0.2, 0) is 0 Å². The number of aromatic amines is 1. The summed E-state index contributed by atoms with van der Waals surface area (Å²) in [5.41, 5.74) is 14.3. The van der Waals surface area contributed by atoms with Crippen LogP contribution < -0.4 is 16.0 Å². The lowest BCUT2D eigenvalue weighted by Gasteiger charge is -2.35. The van der Waals surface area contributed by atoms with Gasteiger partial charge in [-0.25, -0.2) is 4.98 Å². The first-order valence-corrected chi connectivity index (χ1v) is 11.3. The number of aryl methyl sites for hydroxylation is 3. The second kappa shape index (κ2) is 8.37. The van der Waals surface area contributed by atoms with Gasteiger partial charge in [0.15, 0.2) is 11.5 Å². The molecule has 1 aliphatic heterocycles. The summed E-state index contributed by atoms with van der Waals surface area (Å²) in [5.74, 6) is 0.923. The van der Waals surface area contributed by atoms with E-state index in [1.807, 2.05) is 6.07 Å². The molecule has 0 aliphatic carbocycles. The highest BCUT2D eigenvalue weighted by Crippen LogP contribution is 2.38. The molecule has 1 fully saturated rings. The molecule has 2 aromatic heterocycles. The minimum absolute atomic E-state index is 0.226. The predicted octanol–water partition coefficient (Wildman–Crippen LogP) is 4.02. The van der Waals surface area contributed by atoms with Gasteiger partial charge in [0.25, 0.3) is 0 Å². The fraction of sp³-hybridized carbons (Fsp3) is 0.320. The molecule has 0 atom stereocenters. The van der Waals surface area contributed by atoms with Crippen LogP contribution in [0.25, 0.3) is 22.3 Å². The van der Waals surface area contributed by atoms with Crippen LogP contribution in [0.4, 0.5) is 23.1 Å². The van der Waals surface area contributed by atoms with Crippen molar-refractivity contribution in [2.24, 2.45) is 0 Å². The number of anilines is 4. The number of nitrogens with one attached hydrogen (secondary N) is 2. The van der Waals surface area contributed by atoms with E-state index in [9.17, 15) is 0 Å². The van der Waals surface area contributed by atoms with Gasteiger partial charge >= 0.3 is 0 Å². The lowest BCUT2D eigenvalue weighted by atomic mass is 10.0. The van der Waals surface area contributed by atoms with Crippen molar-refractivity contribution in [1.82, 2.24) is 25.1 Å². The zero-order valence-electron chi connectivity index (χ0n) is 19.6. The Balaban J connectivity index is 1.65. The smallest absolute Gasteiger partial charge is 0.222 e. The number of H-pyrrole nitrogens is 1. The number of benzene rings is 2. The maximum Gasteiger partial charge on any atom is 0.222 e. The monoisotopic (exact) mass is 442 g/mol. The zero-order chi connectivity index (χ0) is 23.1. The van der Waals surface area contributed by atoms with E-state index < -0.39 is 0 Å². The number of hydrogen-bond acceptors (Lipinski definition) is 7. The molecule has 33 heavy (non-hydrogen) atoms. The number of nitrogen functional groups attached to an aromatic ring is 1. The maximum atomic E-state index is 6.12. The van der Waals surface area contributed by atoms with E-state index in [-0.39, 0.29) is 5.95 Å². The molecule has 0 saturated carbocycles. The van der Waals surface area contributed by atoms with E-state index in [4.69, 9.17) is 10.7 Å². The number of para-hydroxylation sites is 1. The van der Waals surface area contributed by atoms with Crippen LogP contribution in [0.2, 0.25) is 0 Å². The molecule has 170 valence electrons. The molecular formula is C25H30N8. The highest BCUT2D eigenvalue weighted by Gasteiger charge is 2.22. The zero-order valence-corrected chi connectivity index (χ0v) is 19.6. The van der Waals surface area contributed by atoms with Gasteiger partial charge in [-0.3, -0.25) is 5.10 Å². The van der Waals surface area contributed by atoms with Gasteiger partial charge in [-0.2, -0.15) is 10.1 Å².